The molecule has 1 aliphatic rings. The van der Waals surface area contributed by atoms with Gasteiger partial charge in [0, 0.05) is 30.6 Å². The van der Waals surface area contributed by atoms with Crippen LogP contribution in [-0.4, -0.2) is 18.5 Å². The third-order valence-corrected chi connectivity index (χ3v) is 2.51. The zero-order valence-electron chi connectivity index (χ0n) is 8.12. The number of hydrogen-bond donors (Lipinski definition) is 2. The molecule has 1 amide bonds. The molecule has 4 nitrogen and oxygen atoms in total. The Morgan fingerprint density at radius 3 is 3.14 bits per heavy atom. The highest BCUT2D eigenvalue weighted by Gasteiger charge is 2.22. The van der Waals surface area contributed by atoms with Crippen molar-refractivity contribution in [2.45, 2.75) is 25.4 Å². The van der Waals surface area contributed by atoms with Gasteiger partial charge < -0.3 is 15.1 Å². The van der Waals surface area contributed by atoms with E-state index in [9.17, 15) is 4.79 Å². The van der Waals surface area contributed by atoms with Gasteiger partial charge in [0.25, 0.3) is 0 Å². The van der Waals surface area contributed by atoms with E-state index in [1.807, 2.05) is 6.07 Å². The van der Waals surface area contributed by atoms with Crippen LogP contribution >= 0.6 is 0 Å². The number of nitrogens with one attached hydrogen (secondary N) is 2. The largest absolute Gasteiger partial charge is 0.472 e. The number of carbonyl (C=O) groups is 1. The summed E-state index contributed by atoms with van der Waals surface area (Å²) in [5.41, 5.74) is 1.12. The van der Waals surface area contributed by atoms with E-state index >= 15 is 0 Å². The van der Waals surface area contributed by atoms with Crippen molar-refractivity contribution in [1.82, 2.24) is 10.6 Å². The van der Waals surface area contributed by atoms with Gasteiger partial charge >= 0.3 is 0 Å². The maximum absolute atomic E-state index is 11.0. The number of amides is 1. The fourth-order valence-corrected chi connectivity index (χ4v) is 1.69. The molecule has 1 aliphatic heterocycles. The van der Waals surface area contributed by atoms with Crippen LogP contribution in [0.4, 0.5) is 0 Å². The van der Waals surface area contributed by atoms with E-state index in [1.165, 1.54) is 0 Å². The van der Waals surface area contributed by atoms with Gasteiger partial charge in [0.2, 0.25) is 5.91 Å². The molecular formula is C10H14N2O2. The molecule has 0 saturated carbocycles. The first kappa shape index (κ1) is 9.27. The molecule has 0 aliphatic carbocycles. The van der Waals surface area contributed by atoms with Gasteiger partial charge in [-0.3, -0.25) is 4.79 Å². The van der Waals surface area contributed by atoms with Crippen LogP contribution in [0.15, 0.2) is 23.0 Å². The Hall–Kier alpha value is -1.29. The van der Waals surface area contributed by atoms with Gasteiger partial charge in [-0.1, -0.05) is 0 Å². The predicted octanol–water partition coefficient (Wildman–Crippen LogP) is 0.819. The molecule has 2 rings (SSSR count). The second-order valence-corrected chi connectivity index (χ2v) is 3.65. The number of hydrogen-bond acceptors (Lipinski definition) is 3. The van der Waals surface area contributed by atoms with E-state index in [4.69, 9.17) is 4.42 Å². The van der Waals surface area contributed by atoms with Crippen LogP contribution in [0.2, 0.25) is 0 Å². The molecule has 1 saturated heterocycles. The molecule has 14 heavy (non-hydrogen) atoms. The van der Waals surface area contributed by atoms with Gasteiger partial charge in [0.05, 0.1) is 12.5 Å². The van der Waals surface area contributed by atoms with E-state index in [1.54, 1.807) is 12.5 Å². The van der Waals surface area contributed by atoms with Crippen molar-refractivity contribution in [1.29, 1.82) is 0 Å². The third kappa shape index (κ3) is 1.96. The minimum atomic E-state index is 0.127. The first-order valence-corrected chi connectivity index (χ1v) is 4.80. The summed E-state index contributed by atoms with van der Waals surface area (Å²) in [6.07, 6.45) is 3.95. The van der Waals surface area contributed by atoms with Gasteiger partial charge in [0.1, 0.15) is 0 Å². The van der Waals surface area contributed by atoms with Crippen LogP contribution in [0.5, 0.6) is 0 Å². The lowest BCUT2D eigenvalue weighted by molar-refractivity contribution is -0.119. The molecule has 0 radical (unpaired) electrons. The van der Waals surface area contributed by atoms with Gasteiger partial charge in [-0.25, -0.2) is 0 Å². The molecule has 1 aromatic rings. The number of rotatable bonds is 3. The number of carbonyl (C=O) groups excluding carboxylic acids is 1. The second kappa shape index (κ2) is 3.84. The Bertz CT molecular complexity index is 308. The maximum atomic E-state index is 11.0. The normalized spacial score (nSPS) is 23.5. The molecule has 1 aromatic heterocycles. The zero-order valence-corrected chi connectivity index (χ0v) is 8.12. The van der Waals surface area contributed by atoms with Gasteiger partial charge in [-0.15, -0.1) is 0 Å². The molecule has 2 N–H and O–H groups in total. The lowest BCUT2D eigenvalue weighted by Gasteiger charge is -2.16. The van der Waals surface area contributed by atoms with E-state index in [2.05, 4.69) is 17.6 Å². The van der Waals surface area contributed by atoms with Gasteiger partial charge in [-0.05, 0) is 13.0 Å². The van der Waals surface area contributed by atoms with E-state index < -0.39 is 0 Å². The lowest BCUT2D eigenvalue weighted by atomic mass is 10.1. The van der Waals surface area contributed by atoms with Crippen molar-refractivity contribution in [2.75, 3.05) is 6.54 Å². The van der Waals surface area contributed by atoms with E-state index in [-0.39, 0.29) is 18.0 Å². The predicted molar refractivity (Wildman–Crippen MR) is 51.7 cm³/mol. The number of furan rings is 1. The minimum Gasteiger partial charge on any atom is -0.472 e. The van der Waals surface area contributed by atoms with Crippen molar-refractivity contribution in [3.63, 3.8) is 0 Å². The minimum absolute atomic E-state index is 0.127. The summed E-state index contributed by atoms with van der Waals surface area (Å²) in [4.78, 5) is 11.0. The van der Waals surface area contributed by atoms with Crippen LogP contribution in [0, 0.1) is 0 Å². The van der Waals surface area contributed by atoms with Crippen molar-refractivity contribution < 1.29 is 9.21 Å². The first-order valence-electron chi connectivity index (χ1n) is 4.80. The Balaban J connectivity index is 1.89. The molecule has 0 aromatic carbocycles. The first-order chi connectivity index (χ1) is 6.75. The van der Waals surface area contributed by atoms with Crippen LogP contribution in [-0.2, 0) is 4.79 Å². The highest BCUT2D eigenvalue weighted by Crippen LogP contribution is 2.14. The van der Waals surface area contributed by atoms with Crippen molar-refractivity contribution in [3.8, 4) is 0 Å². The molecule has 0 spiro atoms. The van der Waals surface area contributed by atoms with Crippen LogP contribution in [0.3, 0.4) is 0 Å². The molecular weight excluding hydrogens is 180 g/mol. The average Bonchev–Trinajstić information content (AvgIpc) is 2.75. The maximum Gasteiger partial charge on any atom is 0.221 e. The molecule has 4 heteroatoms. The Labute approximate surface area is 82.7 Å². The molecule has 2 heterocycles. The summed E-state index contributed by atoms with van der Waals surface area (Å²) in [6.45, 7) is 2.79. The third-order valence-electron chi connectivity index (χ3n) is 2.51. The van der Waals surface area contributed by atoms with Crippen LogP contribution < -0.4 is 10.6 Å². The van der Waals surface area contributed by atoms with Gasteiger partial charge in [0.15, 0.2) is 0 Å². The second-order valence-electron chi connectivity index (χ2n) is 3.65. The quantitative estimate of drug-likeness (QED) is 0.749. The van der Waals surface area contributed by atoms with Crippen molar-refractivity contribution >= 4 is 5.91 Å². The smallest absolute Gasteiger partial charge is 0.221 e. The SMILES string of the molecule is CC(NC1CNC(=O)C1)c1ccoc1. The fraction of sp³-hybridized carbons (Fsp3) is 0.500. The molecule has 0 bridgehead atoms. The summed E-state index contributed by atoms with van der Waals surface area (Å²) in [7, 11) is 0. The molecule has 76 valence electrons. The average molecular weight is 194 g/mol. The lowest BCUT2D eigenvalue weighted by Crippen LogP contribution is -2.32. The van der Waals surface area contributed by atoms with Crippen LogP contribution in [0.1, 0.15) is 24.9 Å². The summed E-state index contributed by atoms with van der Waals surface area (Å²) in [5, 5.41) is 6.16. The standard InChI is InChI=1S/C10H14N2O2/c1-7(8-2-3-14-6-8)12-9-4-10(13)11-5-9/h2-3,6-7,9,12H,4-5H2,1H3,(H,11,13). The highest BCUT2D eigenvalue weighted by atomic mass is 16.3. The molecule has 2 unspecified atom stereocenters. The molecule has 2 atom stereocenters. The summed E-state index contributed by atoms with van der Waals surface area (Å²) >= 11 is 0. The fourth-order valence-electron chi connectivity index (χ4n) is 1.69. The summed E-state index contributed by atoms with van der Waals surface area (Å²) in [6, 6.07) is 2.40. The molecule has 1 fully saturated rings. The highest BCUT2D eigenvalue weighted by molar-refractivity contribution is 5.78. The zero-order chi connectivity index (χ0) is 9.97. The van der Waals surface area contributed by atoms with E-state index in [0.29, 0.717) is 6.42 Å². The summed E-state index contributed by atoms with van der Waals surface area (Å²) < 4.78 is 5.00. The topological polar surface area (TPSA) is 54.3 Å². The van der Waals surface area contributed by atoms with E-state index in [0.717, 1.165) is 12.1 Å². The van der Waals surface area contributed by atoms with Crippen molar-refractivity contribution in [3.05, 3.63) is 24.2 Å². The Morgan fingerprint density at radius 2 is 2.57 bits per heavy atom. The summed E-state index contributed by atoms with van der Waals surface area (Å²) in [5.74, 6) is 0.127. The van der Waals surface area contributed by atoms with Crippen molar-refractivity contribution in [2.24, 2.45) is 0 Å². The van der Waals surface area contributed by atoms with Crippen LogP contribution in [0.25, 0.3) is 0 Å². The Morgan fingerprint density at radius 1 is 1.71 bits per heavy atom. The van der Waals surface area contributed by atoms with Gasteiger partial charge in [-0.2, -0.15) is 0 Å². The Kier molecular flexibility index (Phi) is 2.54. The monoisotopic (exact) mass is 194 g/mol.